The molecule has 0 spiro atoms. The summed E-state index contributed by atoms with van der Waals surface area (Å²) < 4.78 is 48.8. The summed E-state index contributed by atoms with van der Waals surface area (Å²) in [5.41, 5.74) is -2.81. The first kappa shape index (κ1) is 28.7. The van der Waals surface area contributed by atoms with E-state index < -0.39 is 29.9 Å². The van der Waals surface area contributed by atoms with Crippen molar-refractivity contribution in [2.24, 2.45) is 11.1 Å². The van der Waals surface area contributed by atoms with Gasteiger partial charge in [0.2, 0.25) is 5.91 Å². The highest BCUT2D eigenvalue weighted by atomic mass is 79.9. The zero-order valence-corrected chi connectivity index (χ0v) is 23.8. The molecule has 2 aromatic carbocycles. The molecule has 1 fully saturated rings. The van der Waals surface area contributed by atoms with Gasteiger partial charge in [0.25, 0.3) is 5.60 Å². The van der Waals surface area contributed by atoms with Crippen LogP contribution in [0, 0.1) is 5.92 Å². The molecule has 2 amide bonds. The third-order valence-corrected chi connectivity index (χ3v) is 7.21. The first-order valence-corrected chi connectivity index (χ1v) is 13.3. The van der Waals surface area contributed by atoms with Gasteiger partial charge in [0.15, 0.2) is 0 Å². The number of halogens is 6. The van der Waals surface area contributed by atoms with E-state index in [2.05, 4.69) is 21.1 Å². The second-order valence-electron chi connectivity index (χ2n) is 10.3. The van der Waals surface area contributed by atoms with E-state index in [4.69, 9.17) is 32.8 Å². The Morgan fingerprint density at radius 2 is 1.76 bits per heavy atom. The van der Waals surface area contributed by atoms with E-state index in [0.29, 0.717) is 28.4 Å². The third-order valence-electron chi connectivity index (χ3n) is 6.04. The molecule has 0 aromatic heterocycles. The fourth-order valence-corrected chi connectivity index (χ4v) is 5.00. The van der Waals surface area contributed by atoms with Crippen molar-refractivity contribution in [1.29, 1.82) is 0 Å². The van der Waals surface area contributed by atoms with Crippen molar-refractivity contribution in [3.8, 4) is 0 Å². The first-order chi connectivity index (χ1) is 17.6. The summed E-state index contributed by atoms with van der Waals surface area (Å²) in [4.78, 5) is 31.7. The summed E-state index contributed by atoms with van der Waals surface area (Å²) >= 11 is 15.4. The predicted molar refractivity (Wildman–Crippen MR) is 140 cm³/mol. The van der Waals surface area contributed by atoms with Gasteiger partial charge in [-0.2, -0.15) is 13.2 Å². The average molecular weight is 636 g/mol. The largest absolute Gasteiger partial charge is 0.443 e. The molecular weight excluding hydrogens is 612 g/mol. The molecule has 6 nitrogen and oxygen atoms in total. The highest BCUT2D eigenvalue weighted by molar-refractivity contribution is 9.10. The molecule has 1 saturated carbocycles. The summed E-state index contributed by atoms with van der Waals surface area (Å²) in [6.45, 7) is 5.05. The number of ether oxygens (including phenoxy) is 1. The normalized spacial score (nSPS) is 19.6. The second-order valence-corrected chi connectivity index (χ2v) is 12.0. The van der Waals surface area contributed by atoms with Crippen LogP contribution in [0.15, 0.2) is 46.0 Å². The summed E-state index contributed by atoms with van der Waals surface area (Å²) in [6.07, 6.45) is -4.77. The van der Waals surface area contributed by atoms with Crippen LogP contribution in [0.2, 0.25) is 10.0 Å². The van der Waals surface area contributed by atoms with Crippen LogP contribution in [0.3, 0.4) is 0 Å². The summed E-state index contributed by atoms with van der Waals surface area (Å²) in [6, 6.07) is 8.39. The van der Waals surface area contributed by atoms with Crippen LogP contribution in [0.5, 0.6) is 0 Å². The molecule has 0 radical (unpaired) electrons. The number of hydrogen-bond donors (Lipinski definition) is 0. The van der Waals surface area contributed by atoms with Gasteiger partial charge in [-0.15, -0.1) is 0 Å². The molecule has 2 aromatic rings. The Morgan fingerprint density at radius 3 is 2.29 bits per heavy atom. The maximum absolute atomic E-state index is 14.3. The number of benzene rings is 2. The number of nitrogens with zero attached hydrogens (tertiary/aromatic N) is 2. The molecule has 0 saturated heterocycles. The van der Waals surface area contributed by atoms with Gasteiger partial charge in [0.05, 0.1) is 12.3 Å². The number of alkyl halides is 3. The lowest BCUT2D eigenvalue weighted by atomic mass is 9.86. The Hall–Kier alpha value is -2.30. The molecule has 2 aliphatic rings. The number of hydrogen-bond acceptors (Lipinski definition) is 5. The van der Waals surface area contributed by atoms with E-state index in [0.717, 1.165) is 17.0 Å². The van der Waals surface area contributed by atoms with Crippen LogP contribution < -0.4 is 0 Å². The minimum atomic E-state index is -4.82. The van der Waals surface area contributed by atoms with Crippen molar-refractivity contribution in [3.63, 3.8) is 0 Å². The molecule has 1 aliphatic carbocycles. The van der Waals surface area contributed by atoms with Crippen molar-refractivity contribution < 1.29 is 32.3 Å². The highest BCUT2D eigenvalue weighted by Crippen LogP contribution is 2.50. The number of carbonyl (C=O) groups excluding carboxylic acids is 2. The first-order valence-electron chi connectivity index (χ1n) is 11.7. The van der Waals surface area contributed by atoms with Gasteiger partial charge >= 0.3 is 12.3 Å². The van der Waals surface area contributed by atoms with Crippen LogP contribution in [0.4, 0.5) is 18.0 Å². The molecule has 0 N–H and O–H groups in total. The molecule has 1 aliphatic heterocycles. The molecule has 0 bridgehead atoms. The quantitative estimate of drug-likeness (QED) is 0.334. The molecule has 4 rings (SSSR count). The Labute approximate surface area is 236 Å². The van der Waals surface area contributed by atoms with Gasteiger partial charge in [-0.05, 0) is 63.4 Å². The lowest BCUT2D eigenvalue weighted by Crippen LogP contribution is -2.42. The minimum absolute atomic E-state index is 0.0376. The van der Waals surface area contributed by atoms with E-state index >= 15 is 0 Å². The Bertz CT molecular complexity index is 1290. The summed E-state index contributed by atoms with van der Waals surface area (Å²) in [5, 5.41) is 3.85. The van der Waals surface area contributed by atoms with E-state index in [1.807, 2.05) is 0 Å². The van der Waals surface area contributed by atoms with Gasteiger partial charge in [0, 0.05) is 38.0 Å². The number of imide groups is 1. The lowest BCUT2D eigenvalue weighted by molar-refractivity contribution is -0.275. The minimum Gasteiger partial charge on any atom is -0.443 e. The Morgan fingerprint density at radius 1 is 1.13 bits per heavy atom. The molecular formula is C26H24BrCl2F3N2O4. The van der Waals surface area contributed by atoms with Crippen molar-refractivity contribution in [1.82, 2.24) is 4.90 Å². The van der Waals surface area contributed by atoms with E-state index in [1.165, 1.54) is 6.07 Å². The molecule has 38 heavy (non-hydrogen) atoms. The van der Waals surface area contributed by atoms with Crippen molar-refractivity contribution in [2.45, 2.75) is 64.0 Å². The highest BCUT2D eigenvalue weighted by Gasteiger charge is 2.62. The van der Waals surface area contributed by atoms with Gasteiger partial charge in [-0.25, -0.2) is 9.69 Å². The van der Waals surface area contributed by atoms with E-state index in [1.54, 1.807) is 39.0 Å². The van der Waals surface area contributed by atoms with E-state index in [9.17, 15) is 22.8 Å². The fraction of sp³-hybridized carbons (Fsp3) is 0.423. The molecule has 1 unspecified atom stereocenters. The maximum atomic E-state index is 14.3. The van der Waals surface area contributed by atoms with E-state index in [-0.39, 0.29) is 39.7 Å². The third kappa shape index (κ3) is 6.13. The zero-order chi connectivity index (χ0) is 28.0. The molecule has 12 heteroatoms. The monoisotopic (exact) mass is 634 g/mol. The summed E-state index contributed by atoms with van der Waals surface area (Å²) in [7, 11) is 0. The Kier molecular flexibility index (Phi) is 7.82. The zero-order valence-electron chi connectivity index (χ0n) is 20.7. The van der Waals surface area contributed by atoms with Gasteiger partial charge < -0.3 is 9.57 Å². The average Bonchev–Trinajstić information content (AvgIpc) is 3.52. The fourth-order valence-electron chi connectivity index (χ4n) is 3.97. The predicted octanol–water partition coefficient (Wildman–Crippen LogP) is 8.01. The number of carbonyl (C=O) groups is 2. The number of rotatable bonds is 5. The lowest BCUT2D eigenvalue weighted by Gasteiger charge is -2.29. The number of oxime groups is 1. The second kappa shape index (κ2) is 10.4. The van der Waals surface area contributed by atoms with Crippen LogP contribution in [-0.4, -0.2) is 34.4 Å². The molecule has 1 heterocycles. The maximum Gasteiger partial charge on any atom is 0.435 e. The number of amides is 2. The van der Waals surface area contributed by atoms with Crippen LogP contribution in [0.25, 0.3) is 0 Å². The van der Waals surface area contributed by atoms with Crippen LogP contribution >= 0.6 is 39.1 Å². The standard InChI is InChI=1S/C26H24BrCl2F3N2O4/c1-24(2,3)37-23(36)34(22(35)14-4-5-14)13-16-7-6-15(8-20(16)27)21-12-25(38-33-21,26(30,31)32)17-9-18(28)11-19(29)10-17/h6-11,14H,4-5,12-13H2,1-3H3. The molecule has 1 atom stereocenters. The van der Waals surface area contributed by atoms with Crippen molar-refractivity contribution in [3.05, 3.63) is 67.6 Å². The van der Waals surface area contributed by atoms with Crippen LogP contribution in [0.1, 0.15) is 56.7 Å². The molecule has 204 valence electrons. The Balaban J connectivity index is 1.59. The van der Waals surface area contributed by atoms with Gasteiger partial charge in [0.1, 0.15) is 5.60 Å². The smallest absolute Gasteiger partial charge is 0.435 e. The SMILES string of the molecule is CC(C)(C)OC(=O)N(Cc1ccc(C2=NOC(c3cc(Cl)cc(Cl)c3)(C(F)(F)F)C2)cc1Br)C(=O)C1CC1. The van der Waals surface area contributed by atoms with Crippen LogP contribution in [-0.2, 0) is 26.5 Å². The summed E-state index contributed by atoms with van der Waals surface area (Å²) in [5.74, 6) is -0.542. The van der Waals surface area contributed by atoms with Crippen molar-refractivity contribution >= 4 is 56.8 Å². The topological polar surface area (TPSA) is 68.2 Å². The van der Waals surface area contributed by atoms with Crippen molar-refractivity contribution in [2.75, 3.05) is 0 Å². The van der Waals surface area contributed by atoms with Gasteiger partial charge in [-0.1, -0.05) is 56.4 Å². The van der Waals surface area contributed by atoms with Gasteiger partial charge in [-0.3, -0.25) is 4.79 Å².